The van der Waals surface area contributed by atoms with Crippen LogP contribution in [0, 0.1) is 0 Å². The van der Waals surface area contributed by atoms with Gasteiger partial charge >= 0.3 is 0 Å². The predicted molar refractivity (Wildman–Crippen MR) is 107 cm³/mol. The zero-order valence-corrected chi connectivity index (χ0v) is 16.8. The fourth-order valence-electron chi connectivity index (χ4n) is 2.87. The van der Waals surface area contributed by atoms with Crippen molar-refractivity contribution < 1.29 is 18.8 Å². The fraction of sp³-hybridized carbons (Fsp3) is 0.316. The summed E-state index contributed by atoms with van der Waals surface area (Å²) < 4.78 is 5.61. The molecule has 1 fully saturated rings. The molecule has 0 unspecified atom stereocenters. The molecule has 3 rings (SSSR count). The smallest absolute Gasteiger partial charge is 0.287 e. The van der Waals surface area contributed by atoms with Gasteiger partial charge in [-0.3, -0.25) is 19.3 Å². The van der Waals surface area contributed by atoms with Crippen molar-refractivity contribution in [3.63, 3.8) is 0 Å². The van der Waals surface area contributed by atoms with E-state index >= 15 is 0 Å². The van der Waals surface area contributed by atoms with E-state index in [1.54, 1.807) is 11.0 Å². The standard InChI is InChI=1S/C19H21BrN4O4/c20-16-7-6-15(28-16)19(27)21-12-18(26)24-10-8-23(9-11-24)13-17(25)22-14-4-2-1-3-5-14/h1-7H,8-13H2,(H,21,27)(H,22,25). The first-order valence-corrected chi connectivity index (χ1v) is 9.69. The van der Waals surface area contributed by atoms with Crippen molar-refractivity contribution in [1.82, 2.24) is 15.1 Å². The Morgan fingerprint density at radius 3 is 2.36 bits per heavy atom. The Hall–Kier alpha value is -2.65. The van der Waals surface area contributed by atoms with Gasteiger partial charge in [0.1, 0.15) is 0 Å². The molecule has 1 aromatic heterocycles. The molecule has 0 atom stereocenters. The predicted octanol–water partition coefficient (Wildman–Crippen LogP) is 1.55. The number of halogens is 1. The van der Waals surface area contributed by atoms with Crippen molar-refractivity contribution in [1.29, 1.82) is 0 Å². The van der Waals surface area contributed by atoms with E-state index in [0.717, 1.165) is 5.69 Å². The van der Waals surface area contributed by atoms with Crippen LogP contribution in [0.1, 0.15) is 10.6 Å². The summed E-state index contributed by atoms with van der Waals surface area (Å²) in [6.07, 6.45) is 0. The van der Waals surface area contributed by atoms with Crippen LogP contribution in [0.25, 0.3) is 0 Å². The molecule has 1 aliphatic heterocycles. The molecule has 2 heterocycles. The SMILES string of the molecule is O=C(CN1CCN(C(=O)CNC(=O)c2ccc(Br)o2)CC1)Nc1ccccc1. The lowest BCUT2D eigenvalue weighted by Crippen LogP contribution is -2.52. The van der Waals surface area contributed by atoms with Crippen LogP contribution in [0.15, 0.2) is 51.6 Å². The number of para-hydroxylation sites is 1. The van der Waals surface area contributed by atoms with Gasteiger partial charge in [-0.1, -0.05) is 18.2 Å². The van der Waals surface area contributed by atoms with Crippen molar-refractivity contribution in [3.8, 4) is 0 Å². The molecule has 0 spiro atoms. The Kier molecular flexibility index (Phi) is 6.83. The first-order chi connectivity index (χ1) is 13.5. The van der Waals surface area contributed by atoms with E-state index in [0.29, 0.717) is 30.8 Å². The lowest BCUT2D eigenvalue weighted by Gasteiger charge is -2.34. The highest BCUT2D eigenvalue weighted by atomic mass is 79.9. The molecular formula is C19H21BrN4O4. The second-order valence-electron chi connectivity index (χ2n) is 6.36. The van der Waals surface area contributed by atoms with Crippen LogP contribution >= 0.6 is 15.9 Å². The molecule has 1 aliphatic rings. The third-order valence-corrected chi connectivity index (χ3v) is 4.77. The van der Waals surface area contributed by atoms with Crippen molar-refractivity contribution >= 4 is 39.3 Å². The van der Waals surface area contributed by atoms with Crippen LogP contribution in [0.4, 0.5) is 5.69 Å². The summed E-state index contributed by atoms with van der Waals surface area (Å²) in [4.78, 5) is 40.0. The highest BCUT2D eigenvalue weighted by Gasteiger charge is 2.23. The van der Waals surface area contributed by atoms with Gasteiger partial charge in [0.25, 0.3) is 5.91 Å². The van der Waals surface area contributed by atoms with Crippen molar-refractivity contribution in [2.75, 3.05) is 44.6 Å². The van der Waals surface area contributed by atoms with Crippen LogP contribution < -0.4 is 10.6 Å². The number of anilines is 1. The molecule has 0 aliphatic carbocycles. The molecule has 148 valence electrons. The molecule has 2 N–H and O–H groups in total. The number of nitrogens with zero attached hydrogens (tertiary/aromatic N) is 2. The first kappa shape index (κ1) is 20.1. The Labute approximate surface area is 171 Å². The number of carbonyl (C=O) groups excluding carboxylic acids is 3. The molecule has 1 saturated heterocycles. The van der Waals surface area contributed by atoms with E-state index in [4.69, 9.17) is 4.42 Å². The van der Waals surface area contributed by atoms with Crippen LogP contribution in [0.2, 0.25) is 0 Å². The normalized spacial score (nSPS) is 14.5. The molecular weight excluding hydrogens is 428 g/mol. The molecule has 0 radical (unpaired) electrons. The summed E-state index contributed by atoms with van der Waals surface area (Å²) >= 11 is 3.13. The van der Waals surface area contributed by atoms with Gasteiger partial charge in [-0.05, 0) is 40.2 Å². The van der Waals surface area contributed by atoms with Gasteiger partial charge < -0.3 is 20.0 Å². The van der Waals surface area contributed by atoms with Crippen LogP contribution in [-0.2, 0) is 9.59 Å². The third-order valence-electron chi connectivity index (χ3n) is 4.35. The van der Waals surface area contributed by atoms with E-state index in [1.165, 1.54) is 6.07 Å². The lowest BCUT2D eigenvalue weighted by molar-refractivity contribution is -0.132. The number of nitrogens with one attached hydrogen (secondary N) is 2. The molecule has 3 amide bonds. The molecule has 0 saturated carbocycles. The summed E-state index contributed by atoms with van der Waals surface area (Å²) in [5, 5.41) is 5.41. The van der Waals surface area contributed by atoms with Crippen molar-refractivity contribution in [3.05, 3.63) is 52.9 Å². The zero-order valence-electron chi connectivity index (χ0n) is 15.2. The van der Waals surface area contributed by atoms with Gasteiger partial charge in [0, 0.05) is 31.9 Å². The van der Waals surface area contributed by atoms with Gasteiger partial charge in [0.2, 0.25) is 11.8 Å². The molecule has 28 heavy (non-hydrogen) atoms. The maximum absolute atomic E-state index is 12.3. The van der Waals surface area contributed by atoms with Gasteiger partial charge in [-0.2, -0.15) is 0 Å². The monoisotopic (exact) mass is 448 g/mol. The van der Waals surface area contributed by atoms with Crippen LogP contribution in [-0.4, -0.2) is 66.8 Å². The number of carbonyl (C=O) groups is 3. The maximum Gasteiger partial charge on any atom is 0.287 e. The minimum Gasteiger partial charge on any atom is -0.444 e. The minimum atomic E-state index is -0.435. The number of piperazine rings is 1. The summed E-state index contributed by atoms with van der Waals surface area (Å²) in [5.74, 6) is -0.528. The number of furan rings is 1. The first-order valence-electron chi connectivity index (χ1n) is 8.90. The molecule has 1 aromatic carbocycles. The highest BCUT2D eigenvalue weighted by Crippen LogP contribution is 2.13. The zero-order chi connectivity index (χ0) is 19.9. The van der Waals surface area contributed by atoms with E-state index in [1.807, 2.05) is 35.2 Å². The lowest BCUT2D eigenvalue weighted by atomic mass is 10.3. The third kappa shape index (κ3) is 5.67. The average Bonchev–Trinajstić information content (AvgIpc) is 3.13. The van der Waals surface area contributed by atoms with Gasteiger partial charge in [-0.25, -0.2) is 0 Å². The summed E-state index contributed by atoms with van der Waals surface area (Å²) in [5.41, 5.74) is 0.764. The van der Waals surface area contributed by atoms with Gasteiger partial charge in [0.05, 0.1) is 13.1 Å². The Morgan fingerprint density at radius 2 is 1.71 bits per heavy atom. The number of rotatable bonds is 6. The topological polar surface area (TPSA) is 94.9 Å². The Morgan fingerprint density at radius 1 is 1.00 bits per heavy atom. The number of hydrogen-bond donors (Lipinski definition) is 2. The van der Waals surface area contributed by atoms with Gasteiger partial charge in [0.15, 0.2) is 10.4 Å². The number of benzene rings is 1. The van der Waals surface area contributed by atoms with E-state index in [9.17, 15) is 14.4 Å². The second kappa shape index (κ2) is 9.52. The van der Waals surface area contributed by atoms with Crippen molar-refractivity contribution in [2.24, 2.45) is 0 Å². The Balaban J connectivity index is 1.37. The largest absolute Gasteiger partial charge is 0.444 e. The van der Waals surface area contributed by atoms with Crippen LogP contribution in [0.5, 0.6) is 0 Å². The second-order valence-corrected chi connectivity index (χ2v) is 7.14. The van der Waals surface area contributed by atoms with E-state index < -0.39 is 5.91 Å². The minimum absolute atomic E-state index is 0.0807. The Bertz CT molecular complexity index is 831. The van der Waals surface area contributed by atoms with Crippen molar-refractivity contribution in [2.45, 2.75) is 0 Å². The summed E-state index contributed by atoms with van der Waals surface area (Å²) in [6, 6.07) is 12.4. The quantitative estimate of drug-likeness (QED) is 0.698. The average molecular weight is 449 g/mol. The number of amides is 3. The molecule has 9 heteroatoms. The van der Waals surface area contributed by atoms with E-state index in [-0.39, 0.29) is 30.7 Å². The summed E-state index contributed by atoms with van der Waals surface area (Å²) in [7, 11) is 0. The molecule has 8 nitrogen and oxygen atoms in total. The maximum atomic E-state index is 12.3. The molecule has 0 bridgehead atoms. The number of hydrogen-bond acceptors (Lipinski definition) is 5. The molecule has 2 aromatic rings. The summed E-state index contributed by atoms with van der Waals surface area (Å²) in [6.45, 7) is 2.42. The highest BCUT2D eigenvalue weighted by molar-refractivity contribution is 9.10. The van der Waals surface area contributed by atoms with Crippen LogP contribution in [0.3, 0.4) is 0 Å². The fourth-order valence-corrected chi connectivity index (χ4v) is 3.18. The van der Waals surface area contributed by atoms with Gasteiger partial charge in [-0.15, -0.1) is 0 Å². The van der Waals surface area contributed by atoms with E-state index in [2.05, 4.69) is 26.6 Å².